The molecule has 1 aliphatic rings. The van der Waals surface area contributed by atoms with E-state index in [2.05, 4.69) is 0 Å². The maximum atomic E-state index is 12.4. The van der Waals surface area contributed by atoms with E-state index in [0.717, 1.165) is 43.6 Å². The van der Waals surface area contributed by atoms with Crippen molar-refractivity contribution in [1.29, 1.82) is 0 Å². The van der Waals surface area contributed by atoms with Gasteiger partial charge in [-0.3, -0.25) is 4.21 Å². The summed E-state index contributed by atoms with van der Waals surface area (Å²) in [5.74, 6) is 0. The molecule has 0 saturated carbocycles. The van der Waals surface area contributed by atoms with E-state index in [4.69, 9.17) is 14.2 Å². The maximum absolute atomic E-state index is 12.4. The zero-order valence-corrected chi connectivity index (χ0v) is 14.1. The van der Waals surface area contributed by atoms with Gasteiger partial charge in [-0.05, 0) is 50.7 Å². The van der Waals surface area contributed by atoms with Gasteiger partial charge in [0.05, 0.1) is 10.8 Å². The van der Waals surface area contributed by atoms with E-state index < -0.39 is 10.8 Å². The lowest BCUT2D eigenvalue weighted by molar-refractivity contribution is -0.162. The number of hydrogen-bond donors (Lipinski definition) is 0. The lowest BCUT2D eigenvalue weighted by Crippen LogP contribution is -2.23. The smallest absolute Gasteiger partial charge is 0.157 e. The molecule has 1 aliphatic heterocycles. The maximum Gasteiger partial charge on any atom is 0.157 e. The Morgan fingerprint density at radius 2 is 2.09 bits per heavy atom. The molecule has 5 heteroatoms. The SMILES string of the molecule is COC(CCCCOC1CCCCO1)S(=O)c1ccccc1. The second-order valence-electron chi connectivity index (χ2n) is 5.44. The fourth-order valence-electron chi connectivity index (χ4n) is 2.49. The van der Waals surface area contributed by atoms with Crippen molar-refractivity contribution in [2.75, 3.05) is 20.3 Å². The molecule has 1 heterocycles. The molecule has 1 aromatic rings. The minimum absolute atomic E-state index is 0.0228. The van der Waals surface area contributed by atoms with Gasteiger partial charge in [-0.1, -0.05) is 18.2 Å². The van der Waals surface area contributed by atoms with Crippen molar-refractivity contribution in [2.24, 2.45) is 0 Å². The summed E-state index contributed by atoms with van der Waals surface area (Å²) in [5, 5.41) is 0. The van der Waals surface area contributed by atoms with E-state index >= 15 is 0 Å². The predicted octanol–water partition coefficient (Wildman–Crippen LogP) is 3.48. The van der Waals surface area contributed by atoms with Crippen molar-refractivity contribution < 1.29 is 18.4 Å². The highest BCUT2D eigenvalue weighted by Crippen LogP contribution is 2.17. The van der Waals surface area contributed by atoms with Crippen molar-refractivity contribution in [2.45, 2.75) is 55.1 Å². The molecule has 0 bridgehead atoms. The number of hydrogen-bond acceptors (Lipinski definition) is 4. The summed E-state index contributed by atoms with van der Waals surface area (Å²) >= 11 is 0. The van der Waals surface area contributed by atoms with E-state index in [1.54, 1.807) is 7.11 Å². The Bertz CT molecular complexity index is 432. The van der Waals surface area contributed by atoms with Crippen molar-refractivity contribution in [1.82, 2.24) is 0 Å². The van der Waals surface area contributed by atoms with Crippen LogP contribution in [0.3, 0.4) is 0 Å². The summed E-state index contributed by atoms with van der Waals surface area (Å²) in [6.07, 6.45) is 5.94. The predicted molar refractivity (Wildman–Crippen MR) is 87.0 cm³/mol. The van der Waals surface area contributed by atoms with Crippen molar-refractivity contribution >= 4 is 10.8 Å². The molecule has 1 fully saturated rings. The van der Waals surface area contributed by atoms with Crippen LogP contribution in [0, 0.1) is 0 Å². The fourth-order valence-corrected chi connectivity index (χ4v) is 3.77. The molecule has 0 N–H and O–H groups in total. The highest BCUT2D eigenvalue weighted by Gasteiger charge is 2.18. The number of methoxy groups -OCH3 is 1. The third kappa shape index (κ3) is 5.80. The molecule has 0 aromatic heterocycles. The molecular formula is C17H26O4S. The molecule has 1 aromatic carbocycles. The molecule has 0 amide bonds. The van der Waals surface area contributed by atoms with Crippen molar-refractivity contribution in [3.63, 3.8) is 0 Å². The first kappa shape index (κ1) is 17.6. The molecule has 22 heavy (non-hydrogen) atoms. The van der Waals surface area contributed by atoms with E-state index in [9.17, 15) is 4.21 Å². The molecule has 124 valence electrons. The molecule has 3 unspecified atom stereocenters. The van der Waals surface area contributed by atoms with E-state index in [1.807, 2.05) is 30.3 Å². The van der Waals surface area contributed by atoms with Crippen LogP contribution in [-0.2, 0) is 25.0 Å². The number of rotatable bonds is 9. The molecule has 0 aliphatic carbocycles. The van der Waals surface area contributed by atoms with Crippen LogP contribution >= 0.6 is 0 Å². The largest absolute Gasteiger partial charge is 0.368 e. The second kappa shape index (κ2) is 10.1. The molecule has 0 radical (unpaired) electrons. The zero-order chi connectivity index (χ0) is 15.6. The van der Waals surface area contributed by atoms with Crippen molar-refractivity contribution in [3.05, 3.63) is 30.3 Å². The van der Waals surface area contributed by atoms with Crippen molar-refractivity contribution in [3.8, 4) is 0 Å². The van der Waals surface area contributed by atoms with E-state index in [0.29, 0.717) is 6.61 Å². The molecule has 4 nitrogen and oxygen atoms in total. The first-order valence-electron chi connectivity index (χ1n) is 8.03. The quantitative estimate of drug-likeness (QED) is 0.652. The van der Waals surface area contributed by atoms with Crippen LogP contribution in [0.15, 0.2) is 35.2 Å². The molecule has 2 rings (SSSR count). The van der Waals surface area contributed by atoms with Gasteiger partial charge in [-0.25, -0.2) is 0 Å². The van der Waals surface area contributed by atoms with Crippen LogP contribution < -0.4 is 0 Å². The third-order valence-corrected chi connectivity index (χ3v) is 5.40. The number of unbranched alkanes of at least 4 members (excludes halogenated alkanes) is 1. The summed E-state index contributed by atoms with van der Waals surface area (Å²) in [6.45, 7) is 1.51. The Hall–Kier alpha value is -0.750. The van der Waals surface area contributed by atoms with Crippen LogP contribution in [0.2, 0.25) is 0 Å². The molecule has 3 atom stereocenters. The average Bonchev–Trinajstić information content (AvgIpc) is 2.59. The van der Waals surface area contributed by atoms with Gasteiger partial charge in [0.25, 0.3) is 0 Å². The number of benzene rings is 1. The van der Waals surface area contributed by atoms with Gasteiger partial charge in [-0.15, -0.1) is 0 Å². The first-order chi connectivity index (χ1) is 10.8. The van der Waals surface area contributed by atoms with Gasteiger partial charge >= 0.3 is 0 Å². The first-order valence-corrected chi connectivity index (χ1v) is 9.24. The topological polar surface area (TPSA) is 44.8 Å². The summed E-state index contributed by atoms with van der Waals surface area (Å²) in [5.41, 5.74) is -0.256. The summed E-state index contributed by atoms with van der Waals surface area (Å²) < 4.78 is 29.1. The highest BCUT2D eigenvalue weighted by atomic mass is 32.2. The molecule has 1 saturated heterocycles. The van der Waals surface area contributed by atoms with Gasteiger partial charge in [0.2, 0.25) is 0 Å². The van der Waals surface area contributed by atoms with Gasteiger partial charge in [0, 0.05) is 25.2 Å². The average molecular weight is 326 g/mol. The molecular weight excluding hydrogens is 300 g/mol. The highest BCUT2D eigenvalue weighted by molar-refractivity contribution is 7.85. The Balaban J connectivity index is 1.64. The minimum atomic E-state index is -1.12. The lowest BCUT2D eigenvalue weighted by atomic mass is 10.2. The van der Waals surface area contributed by atoms with Crippen LogP contribution in [0.25, 0.3) is 0 Å². The monoisotopic (exact) mass is 326 g/mol. The van der Waals surface area contributed by atoms with Crippen LogP contribution in [0.4, 0.5) is 0 Å². The normalized spacial score (nSPS) is 21.4. The van der Waals surface area contributed by atoms with Crippen LogP contribution in [0.5, 0.6) is 0 Å². The second-order valence-corrected chi connectivity index (χ2v) is 7.03. The van der Waals surface area contributed by atoms with Gasteiger partial charge < -0.3 is 14.2 Å². The number of ether oxygens (including phenoxy) is 3. The summed E-state index contributed by atoms with van der Waals surface area (Å²) in [7, 11) is 0.504. The third-order valence-electron chi connectivity index (χ3n) is 3.75. The van der Waals surface area contributed by atoms with Crippen LogP contribution in [0.1, 0.15) is 38.5 Å². The van der Waals surface area contributed by atoms with E-state index in [1.165, 1.54) is 6.42 Å². The Labute approximate surface area is 135 Å². The molecule has 0 spiro atoms. The summed E-state index contributed by atoms with van der Waals surface area (Å²) in [6, 6.07) is 9.49. The van der Waals surface area contributed by atoms with Gasteiger partial charge in [0.1, 0.15) is 5.44 Å². The van der Waals surface area contributed by atoms with Crippen LogP contribution in [-0.4, -0.2) is 36.3 Å². The Kier molecular flexibility index (Phi) is 8.08. The zero-order valence-electron chi connectivity index (χ0n) is 13.2. The lowest BCUT2D eigenvalue weighted by Gasteiger charge is -2.22. The standard InChI is InChI=1S/C17H26O4S/c1-19-17(22(18)15-9-3-2-4-10-15)12-6-8-14-21-16-11-5-7-13-20-16/h2-4,9-10,16-17H,5-8,11-14H2,1H3. The minimum Gasteiger partial charge on any atom is -0.368 e. The summed E-state index contributed by atoms with van der Waals surface area (Å²) in [4.78, 5) is 0.821. The van der Waals surface area contributed by atoms with Gasteiger partial charge in [0.15, 0.2) is 6.29 Å². The Morgan fingerprint density at radius 1 is 1.27 bits per heavy atom. The Morgan fingerprint density at radius 3 is 2.77 bits per heavy atom. The van der Waals surface area contributed by atoms with Gasteiger partial charge in [-0.2, -0.15) is 0 Å². The fraction of sp³-hybridized carbons (Fsp3) is 0.647. The van der Waals surface area contributed by atoms with E-state index in [-0.39, 0.29) is 11.7 Å².